The van der Waals surface area contributed by atoms with Crippen LogP contribution in [-0.4, -0.2) is 48.1 Å². The van der Waals surface area contributed by atoms with Crippen molar-refractivity contribution in [1.82, 2.24) is 14.8 Å². The van der Waals surface area contributed by atoms with E-state index in [4.69, 9.17) is 11.6 Å². The van der Waals surface area contributed by atoms with Crippen molar-refractivity contribution in [3.8, 4) is 0 Å². The maximum Gasteiger partial charge on any atom is 0.251 e. The van der Waals surface area contributed by atoms with Crippen molar-refractivity contribution in [1.29, 1.82) is 0 Å². The molecule has 6 nitrogen and oxygen atoms in total. The number of benzene rings is 1. The second-order valence-electron chi connectivity index (χ2n) is 10.0. The predicted molar refractivity (Wildman–Crippen MR) is 145 cm³/mol. The van der Waals surface area contributed by atoms with Crippen molar-refractivity contribution in [3.63, 3.8) is 0 Å². The van der Waals surface area contributed by atoms with Gasteiger partial charge in [-0.2, -0.15) is 0 Å². The lowest BCUT2D eigenvalue weighted by molar-refractivity contribution is 0.0950. The molecule has 1 N–H and O–H groups in total. The summed E-state index contributed by atoms with van der Waals surface area (Å²) in [5, 5.41) is 3.53. The molecule has 1 aliphatic heterocycles. The highest BCUT2D eigenvalue weighted by molar-refractivity contribution is 6.31. The lowest BCUT2D eigenvalue weighted by Gasteiger charge is -2.40. The van der Waals surface area contributed by atoms with Crippen LogP contribution in [0.4, 0.5) is 5.69 Å². The van der Waals surface area contributed by atoms with Crippen molar-refractivity contribution in [2.24, 2.45) is 0 Å². The van der Waals surface area contributed by atoms with E-state index in [9.17, 15) is 9.59 Å². The van der Waals surface area contributed by atoms with Gasteiger partial charge in [-0.25, -0.2) is 0 Å². The number of carbonyl (C=O) groups excluding carboxylic acids is 1. The summed E-state index contributed by atoms with van der Waals surface area (Å²) in [5.41, 5.74) is 4.90. The van der Waals surface area contributed by atoms with Gasteiger partial charge in [0.25, 0.3) is 5.91 Å². The zero-order valence-corrected chi connectivity index (χ0v) is 22.3. The van der Waals surface area contributed by atoms with Gasteiger partial charge in [0.1, 0.15) is 0 Å². The zero-order chi connectivity index (χ0) is 25.3. The molecule has 35 heavy (non-hydrogen) atoms. The van der Waals surface area contributed by atoms with Crippen molar-refractivity contribution < 1.29 is 4.79 Å². The Kier molecular flexibility index (Phi) is 7.72. The Morgan fingerprint density at radius 3 is 2.46 bits per heavy atom. The number of halogens is 1. The third-order valence-corrected chi connectivity index (χ3v) is 8.03. The third-order valence-electron chi connectivity index (χ3n) is 7.81. The summed E-state index contributed by atoms with van der Waals surface area (Å²) < 4.78 is 2.09. The third kappa shape index (κ3) is 5.19. The number of carbonyl (C=O) groups is 1. The fraction of sp³-hybridized carbons (Fsp3) is 0.500. The van der Waals surface area contributed by atoms with Gasteiger partial charge in [-0.3, -0.25) is 9.59 Å². The molecule has 1 aromatic carbocycles. The Labute approximate surface area is 213 Å². The van der Waals surface area contributed by atoms with Gasteiger partial charge in [0.15, 0.2) is 5.43 Å². The van der Waals surface area contributed by atoms with Gasteiger partial charge in [0.2, 0.25) is 0 Å². The van der Waals surface area contributed by atoms with Crippen LogP contribution in [-0.2, 0) is 13.1 Å². The molecular weight excluding hydrogens is 460 g/mol. The quantitative estimate of drug-likeness (QED) is 0.599. The molecule has 7 heteroatoms. The van der Waals surface area contributed by atoms with Crippen LogP contribution in [0, 0.1) is 13.8 Å². The molecule has 2 aliphatic rings. The van der Waals surface area contributed by atoms with Crippen molar-refractivity contribution >= 4 is 29.3 Å². The van der Waals surface area contributed by atoms with Crippen LogP contribution in [0.25, 0.3) is 6.08 Å². The molecule has 4 rings (SSSR count). The molecule has 1 aromatic heterocycles. The molecule has 2 heterocycles. The molecule has 1 saturated carbocycles. The summed E-state index contributed by atoms with van der Waals surface area (Å²) in [6.07, 6.45) is 8.59. The van der Waals surface area contributed by atoms with Crippen LogP contribution in [0.5, 0.6) is 0 Å². The van der Waals surface area contributed by atoms with Crippen LogP contribution in [0.1, 0.15) is 65.5 Å². The summed E-state index contributed by atoms with van der Waals surface area (Å²) in [5.74, 6) is -0.207. The Hall–Kier alpha value is -2.57. The average molecular weight is 497 g/mol. The number of aromatic nitrogens is 1. The number of nitrogens with one attached hydrogen (secondary N) is 1. The van der Waals surface area contributed by atoms with Gasteiger partial charge >= 0.3 is 0 Å². The largest absolute Gasteiger partial charge is 0.369 e. The molecule has 1 amide bonds. The molecule has 1 fully saturated rings. The van der Waals surface area contributed by atoms with Crippen molar-refractivity contribution in [2.45, 2.75) is 71.6 Å². The minimum absolute atomic E-state index is 0.0467. The molecule has 2 aromatic rings. The van der Waals surface area contributed by atoms with Gasteiger partial charge in [-0.1, -0.05) is 17.7 Å². The molecule has 0 bridgehead atoms. The first-order chi connectivity index (χ1) is 16.7. The van der Waals surface area contributed by atoms with Gasteiger partial charge in [-0.05, 0) is 84.3 Å². The van der Waals surface area contributed by atoms with Crippen molar-refractivity contribution in [2.75, 3.05) is 25.5 Å². The highest BCUT2D eigenvalue weighted by Gasteiger charge is 2.28. The Morgan fingerprint density at radius 1 is 1.11 bits per heavy atom. The number of fused-ring (bicyclic) bond motifs is 1. The second kappa shape index (κ2) is 10.6. The van der Waals surface area contributed by atoms with Crippen molar-refractivity contribution in [3.05, 3.63) is 67.6 Å². The topological polar surface area (TPSA) is 57.6 Å². The first-order valence-electron chi connectivity index (χ1n) is 12.6. The van der Waals surface area contributed by atoms with Gasteiger partial charge in [0, 0.05) is 71.0 Å². The van der Waals surface area contributed by atoms with E-state index in [-0.39, 0.29) is 17.9 Å². The van der Waals surface area contributed by atoms with Crippen LogP contribution >= 0.6 is 11.6 Å². The molecule has 0 saturated heterocycles. The minimum atomic E-state index is -0.207. The molecule has 0 atom stereocenters. The normalized spacial score (nSPS) is 19.2. The summed E-state index contributed by atoms with van der Waals surface area (Å²) in [4.78, 5) is 30.7. The lowest BCUT2D eigenvalue weighted by atomic mass is 9.89. The monoisotopic (exact) mass is 496 g/mol. The van der Waals surface area contributed by atoms with Gasteiger partial charge in [0.05, 0.1) is 0 Å². The van der Waals surface area contributed by atoms with E-state index in [1.54, 1.807) is 12.1 Å². The first kappa shape index (κ1) is 25.5. The minimum Gasteiger partial charge on any atom is -0.369 e. The Bertz CT molecular complexity index is 1190. The van der Waals surface area contributed by atoms with E-state index < -0.39 is 0 Å². The molecule has 1 aliphatic carbocycles. The smallest absolute Gasteiger partial charge is 0.251 e. The molecule has 0 radical (unpaired) electrons. The van der Waals surface area contributed by atoms with E-state index >= 15 is 0 Å². The fourth-order valence-corrected chi connectivity index (χ4v) is 5.90. The van der Waals surface area contributed by atoms with Gasteiger partial charge < -0.3 is 19.7 Å². The van der Waals surface area contributed by atoms with Crippen LogP contribution in [0.15, 0.2) is 29.1 Å². The van der Waals surface area contributed by atoms with Crippen LogP contribution < -0.4 is 15.6 Å². The number of rotatable bonds is 7. The number of hydrogen-bond donors (Lipinski definition) is 1. The summed E-state index contributed by atoms with van der Waals surface area (Å²) in [7, 11) is 4.31. The number of allylic oxidation sites excluding steroid dienone is 1. The zero-order valence-electron chi connectivity index (χ0n) is 21.5. The van der Waals surface area contributed by atoms with Gasteiger partial charge in [-0.15, -0.1) is 0 Å². The predicted octanol–water partition coefficient (Wildman–Crippen LogP) is 4.77. The second-order valence-corrected chi connectivity index (χ2v) is 10.4. The lowest BCUT2D eigenvalue weighted by Crippen LogP contribution is -2.42. The van der Waals surface area contributed by atoms with E-state index in [1.165, 1.54) is 12.8 Å². The summed E-state index contributed by atoms with van der Waals surface area (Å²) in [6.45, 7) is 7.90. The number of nitrogens with zero attached hydrogens (tertiary/aromatic N) is 3. The highest BCUT2D eigenvalue weighted by atomic mass is 35.5. The molecule has 0 spiro atoms. The summed E-state index contributed by atoms with van der Waals surface area (Å²) >= 11 is 6.53. The maximum atomic E-state index is 13.3. The van der Waals surface area contributed by atoms with E-state index in [1.807, 2.05) is 32.1 Å². The SMILES string of the molecule is CCN(c1cc(Cl)cc(C(=O)NCc2c(C)n3c(cc2=O)C=CC3)c1C)C1CCC(N(C)C)CC1. The maximum absolute atomic E-state index is 13.3. The average Bonchev–Trinajstić information content (AvgIpc) is 3.30. The Morgan fingerprint density at radius 2 is 1.80 bits per heavy atom. The molecule has 0 unspecified atom stereocenters. The number of amides is 1. The number of hydrogen-bond acceptors (Lipinski definition) is 4. The van der Waals surface area contributed by atoms with E-state index in [0.29, 0.717) is 28.2 Å². The van der Waals surface area contributed by atoms with Crippen LogP contribution in [0.2, 0.25) is 5.02 Å². The number of anilines is 1. The van der Waals surface area contributed by atoms with Crippen LogP contribution in [0.3, 0.4) is 0 Å². The molecular formula is C28H37ClN4O2. The molecule has 188 valence electrons. The first-order valence-corrected chi connectivity index (χ1v) is 13.0. The highest BCUT2D eigenvalue weighted by Crippen LogP contribution is 2.34. The summed E-state index contributed by atoms with van der Waals surface area (Å²) in [6, 6.07) is 6.43. The Balaban J connectivity index is 1.54. The van der Waals surface area contributed by atoms with E-state index in [2.05, 4.69) is 40.7 Å². The standard InChI is InChI=1S/C28H37ClN4O2/c1-6-32(22-11-9-21(10-12-22)31(4)5)26-15-20(29)14-24(18(26)2)28(35)30-17-25-19(3)33-13-7-8-23(33)16-27(25)34/h7-8,14-16,21-22H,6,9-13,17H2,1-5H3,(H,30,35). The fourth-order valence-electron chi connectivity index (χ4n) is 5.68. The van der Waals surface area contributed by atoms with E-state index in [0.717, 1.165) is 48.6 Å². The number of pyridine rings is 1.